The molecule has 0 saturated heterocycles. The predicted octanol–water partition coefficient (Wildman–Crippen LogP) is 3.60. The van der Waals surface area contributed by atoms with Gasteiger partial charge >= 0.3 is 11.9 Å². The molecule has 0 amide bonds. The van der Waals surface area contributed by atoms with Crippen LogP contribution in [0.5, 0.6) is 0 Å². The minimum atomic E-state index is -0.456. The van der Waals surface area contributed by atoms with E-state index in [1.54, 1.807) is 31.2 Å². The quantitative estimate of drug-likeness (QED) is 0.132. The van der Waals surface area contributed by atoms with Crippen molar-refractivity contribution in [3.05, 3.63) is 75.6 Å². The minimum absolute atomic E-state index is 0. The zero-order chi connectivity index (χ0) is 23.3. The van der Waals surface area contributed by atoms with Crippen molar-refractivity contribution in [3.8, 4) is 0 Å². The molecule has 2 aromatic rings. The molecule has 11 heteroatoms. The molecule has 0 radical (unpaired) electrons. The fourth-order valence-corrected chi connectivity index (χ4v) is 2.17. The van der Waals surface area contributed by atoms with Crippen LogP contribution in [0, 0.1) is 20.4 Å². The maximum absolute atomic E-state index is 11.2. The minimum Gasteiger partial charge on any atom is -0.465 e. The van der Waals surface area contributed by atoms with Gasteiger partial charge in [0.15, 0.2) is 11.5 Å². The summed E-state index contributed by atoms with van der Waals surface area (Å²) < 4.78 is 9.10. The second-order valence-electron chi connectivity index (χ2n) is 5.61. The fourth-order valence-electron chi connectivity index (χ4n) is 2.17. The zero-order valence-electron chi connectivity index (χ0n) is 17.4. The highest BCUT2D eigenvalue weighted by Gasteiger charge is 2.10. The van der Waals surface area contributed by atoms with Crippen LogP contribution in [0.2, 0.25) is 0 Å². The molecule has 0 spiro atoms. The molecule has 176 valence electrons. The van der Waals surface area contributed by atoms with Gasteiger partial charge in [0.25, 0.3) is 0 Å². The Hall–Kier alpha value is -3.65. The number of carbonyl (C=O) groups excluding carboxylic acids is 2. The van der Waals surface area contributed by atoms with Crippen molar-refractivity contribution in [1.82, 2.24) is 0 Å². The summed E-state index contributed by atoms with van der Waals surface area (Å²) in [6, 6.07) is 9.77. The van der Waals surface area contributed by atoms with E-state index >= 15 is 0 Å². The van der Waals surface area contributed by atoms with Crippen molar-refractivity contribution in [2.24, 2.45) is 16.8 Å². The van der Waals surface area contributed by atoms with Crippen LogP contribution in [0.4, 0.5) is 5.69 Å². The molecule has 0 aliphatic heterocycles. The summed E-state index contributed by atoms with van der Waals surface area (Å²) in [7, 11) is 2.62. The van der Waals surface area contributed by atoms with E-state index in [0.29, 0.717) is 22.4 Å². The van der Waals surface area contributed by atoms with Gasteiger partial charge < -0.3 is 25.6 Å². The number of benzene rings is 2. The molecule has 0 aromatic heterocycles. The summed E-state index contributed by atoms with van der Waals surface area (Å²) in [4.78, 5) is 25.6. The van der Waals surface area contributed by atoms with Crippen molar-refractivity contribution in [1.29, 1.82) is 0 Å². The highest BCUT2D eigenvalue weighted by molar-refractivity contribution is 6.01. The third-order valence-electron chi connectivity index (χ3n) is 3.79. The van der Waals surface area contributed by atoms with Crippen molar-refractivity contribution >= 4 is 35.9 Å². The monoisotopic (exact) mass is 468 g/mol. The van der Waals surface area contributed by atoms with Gasteiger partial charge in [-0.3, -0.25) is 0 Å². The van der Waals surface area contributed by atoms with E-state index < -0.39 is 11.9 Å². The zero-order valence-corrected chi connectivity index (χ0v) is 18.3. The number of halogens is 1. The van der Waals surface area contributed by atoms with Crippen LogP contribution in [0.25, 0.3) is 4.85 Å². The summed E-state index contributed by atoms with van der Waals surface area (Å²) in [5, 5.41) is 17.9. The van der Waals surface area contributed by atoms with Crippen molar-refractivity contribution in [2.75, 3.05) is 14.2 Å². The van der Waals surface area contributed by atoms with Gasteiger partial charge in [-0.2, -0.15) is 0 Å². The van der Waals surface area contributed by atoms with E-state index in [-0.39, 0.29) is 25.7 Å². The highest BCUT2D eigenvalue weighted by atomic mass is 35.5. The van der Waals surface area contributed by atoms with E-state index in [1.807, 2.05) is 6.92 Å². The molecule has 2 aromatic carbocycles. The number of carbonyl (C=O) groups is 2. The number of aryl methyl sites for hydroxylation is 2. The molecule has 0 aliphatic carbocycles. The number of methoxy groups -OCH3 is 2. The molecule has 0 aliphatic rings. The first-order chi connectivity index (χ1) is 14.3. The van der Waals surface area contributed by atoms with Crippen molar-refractivity contribution < 1.29 is 29.5 Å². The number of hydrogen-bond acceptors (Lipinski definition) is 8. The Balaban J connectivity index is -0.000000464. The highest BCUT2D eigenvalue weighted by Crippen LogP contribution is 2.20. The smallest absolute Gasteiger partial charge is 0.337 e. The number of nitrogens with zero attached hydrogens (tertiary/aromatic N) is 2. The number of ether oxygens (including phenoxy) is 2. The Kier molecular flexibility index (Phi) is 17.6. The van der Waals surface area contributed by atoms with E-state index in [0.717, 1.165) is 11.1 Å². The van der Waals surface area contributed by atoms with E-state index in [1.165, 1.54) is 26.4 Å². The van der Waals surface area contributed by atoms with Crippen LogP contribution in [0.3, 0.4) is 0 Å². The van der Waals surface area contributed by atoms with Gasteiger partial charge in [0.05, 0.1) is 26.4 Å². The Labute approximate surface area is 193 Å². The average molecular weight is 469 g/mol. The van der Waals surface area contributed by atoms with Gasteiger partial charge in [-0.15, -0.1) is 12.4 Å². The third kappa shape index (κ3) is 9.44. The number of hydrogen-bond donors (Lipinski definition) is 4. The van der Waals surface area contributed by atoms with Crippen LogP contribution in [0.1, 0.15) is 44.8 Å². The predicted molar refractivity (Wildman–Crippen MR) is 124 cm³/mol. The number of oxime groups is 1. The number of nitrogens with two attached hydrogens (primary N) is 2. The van der Waals surface area contributed by atoms with Crippen LogP contribution >= 0.6 is 12.4 Å². The number of amidine groups is 1. The van der Waals surface area contributed by atoms with Gasteiger partial charge in [0, 0.05) is 11.1 Å². The fraction of sp³-hybridized carbons (Fsp3) is 0.238. The summed E-state index contributed by atoms with van der Waals surface area (Å²) in [5.41, 5.74) is 8.92. The third-order valence-corrected chi connectivity index (χ3v) is 3.79. The van der Waals surface area contributed by atoms with Crippen LogP contribution < -0.4 is 11.6 Å². The SMILES string of the molecule is C.COC(=O)c1ccc(C)c(/C(N)=N/O)c1.Cl.NO.[C-]#[N+]c1cc(C(=O)OC)ccc1C. The molecular weight excluding hydrogens is 440 g/mol. The maximum atomic E-state index is 11.2. The van der Waals surface area contributed by atoms with Crippen LogP contribution in [0.15, 0.2) is 41.6 Å². The largest absolute Gasteiger partial charge is 0.465 e. The Morgan fingerprint density at radius 3 is 1.81 bits per heavy atom. The van der Waals surface area contributed by atoms with E-state index in [9.17, 15) is 9.59 Å². The van der Waals surface area contributed by atoms with Crippen molar-refractivity contribution in [3.63, 3.8) is 0 Å². The second-order valence-corrected chi connectivity index (χ2v) is 5.61. The van der Waals surface area contributed by atoms with Gasteiger partial charge in [-0.05, 0) is 49.2 Å². The first-order valence-electron chi connectivity index (χ1n) is 8.28. The Bertz CT molecular complexity index is 958. The summed E-state index contributed by atoms with van der Waals surface area (Å²) >= 11 is 0. The lowest BCUT2D eigenvalue weighted by molar-refractivity contribution is 0.0592. The maximum Gasteiger partial charge on any atom is 0.337 e. The lowest BCUT2D eigenvalue weighted by atomic mass is 10.0. The summed E-state index contributed by atoms with van der Waals surface area (Å²) in [6.07, 6.45) is 0. The lowest BCUT2D eigenvalue weighted by Crippen LogP contribution is -2.16. The summed E-state index contributed by atoms with van der Waals surface area (Å²) in [5.74, 6) is 2.60. The van der Waals surface area contributed by atoms with Gasteiger partial charge in [0.1, 0.15) is 0 Å². The first kappa shape index (κ1) is 33.0. The topological polar surface area (TPSA) is 162 Å². The molecular formula is C21H29ClN4O6. The Morgan fingerprint density at radius 1 is 0.969 bits per heavy atom. The molecule has 6 N–H and O–H groups in total. The molecule has 2 rings (SSSR count). The Morgan fingerprint density at radius 2 is 1.41 bits per heavy atom. The molecule has 0 fully saturated rings. The molecule has 0 atom stereocenters. The first-order valence-corrected chi connectivity index (χ1v) is 8.28. The van der Waals surface area contributed by atoms with Crippen LogP contribution in [-0.2, 0) is 9.47 Å². The standard InChI is InChI=1S/C10H12N2O3.C10H9NO2.CH4.ClH.H3NO/c1-6-3-4-7(10(13)15-2)5-8(6)9(11)12-14;1-7-4-5-8(10(12)13-3)6-9(7)11-2;;;1-2/h3-5,14H,1-2H3,(H2,11,12);4-6H,1,3H3;1H4;1H;2H,1H2. The second kappa shape index (κ2) is 17.1. The number of rotatable bonds is 3. The normalized spacial score (nSPS) is 9.09. The van der Waals surface area contributed by atoms with Crippen LogP contribution in [-0.4, -0.2) is 42.4 Å². The van der Waals surface area contributed by atoms with Gasteiger partial charge in [-0.25, -0.2) is 20.3 Å². The molecule has 0 saturated carbocycles. The molecule has 0 heterocycles. The number of esters is 2. The average Bonchev–Trinajstić information content (AvgIpc) is 2.79. The van der Waals surface area contributed by atoms with Gasteiger partial charge in [-0.1, -0.05) is 24.7 Å². The van der Waals surface area contributed by atoms with E-state index in [4.69, 9.17) is 22.7 Å². The van der Waals surface area contributed by atoms with E-state index in [2.05, 4.69) is 25.4 Å². The molecule has 0 bridgehead atoms. The summed E-state index contributed by atoms with van der Waals surface area (Å²) in [6.45, 7) is 10.5. The lowest BCUT2D eigenvalue weighted by Gasteiger charge is -2.05. The van der Waals surface area contributed by atoms with Crippen molar-refractivity contribution in [2.45, 2.75) is 21.3 Å². The molecule has 32 heavy (non-hydrogen) atoms. The van der Waals surface area contributed by atoms with Gasteiger partial charge in [0.2, 0.25) is 0 Å². The molecule has 0 unspecified atom stereocenters. The molecule has 10 nitrogen and oxygen atoms in total.